The number of sulfonamides is 1. The van der Waals surface area contributed by atoms with E-state index in [0.717, 1.165) is 11.0 Å². The number of rotatable bonds is 3. The van der Waals surface area contributed by atoms with Gasteiger partial charge in [-0.1, -0.05) is 12.1 Å². The Labute approximate surface area is 156 Å². The molecule has 27 heavy (non-hydrogen) atoms. The number of halogens is 2. The van der Waals surface area contributed by atoms with Crippen molar-refractivity contribution in [2.45, 2.75) is 37.7 Å². The summed E-state index contributed by atoms with van der Waals surface area (Å²) in [5.41, 5.74) is 1.46. The van der Waals surface area contributed by atoms with E-state index in [0.29, 0.717) is 30.0 Å². The summed E-state index contributed by atoms with van der Waals surface area (Å²) in [5, 5.41) is 1.05. The van der Waals surface area contributed by atoms with Crippen LogP contribution in [0.15, 0.2) is 58.6 Å². The molecule has 1 aliphatic carbocycles. The Kier molecular flexibility index (Phi) is 4.38. The number of hydrogen-bond donors (Lipinski definition) is 0. The van der Waals surface area contributed by atoms with Gasteiger partial charge in [-0.05, 0) is 42.7 Å². The molecule has 3 aliphatic rings. The molecule has 0 atom stereocenters. The van der Waals surface area contributed by atoms with Crippen molar-refractivity contribution >= 4 is 21.4 Å². The minimum atomic E-state index is -3.63. The fraction of sp³-hybridized carbons (Fsp3) is 0.316. The van der Waals surface area contributed by atoms with E-state index in [9.17, 15) is 17.2 Å². The fourth-order valence-corrected chi connectivity index (χ4v) is 4.07. The molecule has 4 rings (SSSR count). The van der Waals surface area contributed by atoms with Crippen LogP contribution >= 0.6 is 0 Å². The summed E-state index contributed by atoms with van der Waals surface area (Å²) >= 11 is 0. The Morgan fingerprint density at radius 2 is 1.81 bits per heavy atom. The molecule has 142 valence electrons. The average molecular weight is 392 g/mol. The zero-order chi connectivity index (χ0) is 19.1. The van der Waals surface area contributed by atoms with E-state index < -0.39 is 15.9 Å². The molecule has 0 radical (unpaired) electrons. The van der Waals surface area contributed by atoms with E-state index in [2.05, 4.69) is 4.40 Å². The summed E-state index contributed by atoms with van der Waals surface area (Å²) in [6.45, 7) is 0. The molecule has 0 unspecified atom stereocenters. The number of nitrogens with zero attached hydrogens (tertiary/aromatic N) is 2. The maximum Gasteiger partial charge on any atom is 0.278 e. The molecule has 1 saturated carbocycles. The number of fused-ring (bicyclic) bond motifs is 1. The van der Waals surface area contributed by atoms with Crippen LogP contribution in [0.2, 0.25) is 0 Å². The van der Waals surface area contributed by atoms with Gasteiger partial charge >= 0.3 is 0 Å². The molecule has 0 spiro atoms. The van der Waals surface area contributed by atoms with Crippen molar-refractivity contribution in [1.82, 2.24) is 4.90 Å². The molecule has 5 nitrogen and oxygen atoms in total. The van der Waals surface area contributed by atoms with Gasteiger partial charge in [0.2, 0.25) is 5.92 Å². The molecule has 0 aromatic heterocycles. The monoisotopic (exact) mass is 392 g/mol. The molecule has 1 aromatic carbocycles. The van der Waals surface area contributed by atoms with Gasteiger partial charge in [0.1, 0.15) is 5.75 Å². The molecule has 1 aromatic rings. The molecule has 2 aliphatic heterocycles. The Morgan fingerprint density at radius 1 is 1.11 bits per heavy atom. The first-order valence-electron chi connectivity index (χ1n) is 8.67. The summed E-state index contributed by atoms with van der Waals surface area (Å²) < 4.78 is 59.7. The van der Waals surface area contributed by atoms with Crippen LogP contribution in [0.1, 0.15) is 31.2 Å². The highest BCUT2D eigenvalue weighted by atomic mass is 32.2. The molecule has 0 N–H and O–H groups in total. The van der Waals surface area contributed by atoms with Gasteiger partial charge in [0, 0.05) is 30.8 Å². The predicted molar refractivity (Wildman–Crippen MR) is 98.7 cm³/mol. The van der Waals surface area contributed by atoms with Gasteiger partial charge in [0.15, 0.2) is 5.84 Å². The van der Waals surface area contributed by atoms with Crippen LogP contribution < -0.4 is 4.74 Å². The third kappa shape index (κ3) is 3.95. The summed E-state index contributed by atoms with van der Waals surface area (Å²) in [6.07, 6.45) is 6.95. The SMILES string of the molecule is O=S1(=O)C=CN2C=CC=C(c3ccc(OC4CCC(F)(F)CC4)cc3)C2=N1. The highest BCUT2D eigenvalue weighted by molar-refractivity contribution is 7.93. The summed E-state index contributed by atoms with van der Waals surface area (Å²) in [4.78, 5) is 1.64. The third-order valence-corrected chi connectivity index (χ3v) is 5.63. The standard InChI is InChI=1S/C19H18F2N2O3S/c20-19(21)9-7-16(8-10-19)26-15-5-3-14(4-6-15)17-2-1-11-23-12-13-27(24,25)22-18(17)23/h1-6,11-13,16H,7-10H2. The van der Waals surface area contributed by atoms with E-state index in [1.54, 1.807) is 29.3 Å². The summed E-state index contributed by atoms with van der Waals surface area (Å²) in [7, 11) is -3.63. The Balaban J connectivity index is 1.50. The second-order valence-electron chi connectivity index (χ2n) is 6.74. The molecular weight excluding hydrogens is 374 g/mol. The fourth-order valence-electron chi connectivity index (χ4n) is 3.29. The van der Waals surface area contributed by atoms with Gasteiger partial charge in [-0.15, -0.1) is 4.40 Å². The number of alkyl halides is 2. The van der Waals surface area contributed by atoms with Crippen LogP contribution in [-0.4, -0.2) is 31.2 Å². The average Bonchev–Trinajstić information content (AvgIpc) is 2.63. The van der Waals surface area contributed by atoms with Gasteiger partial charge < -0.3 is 9.64 Å². The zero-order valence-electron chi connectivity index (χ0n) is 14.4. The van der Waals surface area contributed by atoms with E-state index in [-0.39, 0.29) is 18.9 Å². The Hall–Kier alpha value is -2.48. The van der Waals surface area contributed by atoms with Crippen LogP contribution in [0, 0.1) is 0 Å². The second kappa shape index (κ2) is 6.60. The normalized spacial score (nSPS) is 23.4. The lowest BCUT2D eigenvalue weighted by molar-refractivity contribution is -0.0582. The highest BCUT2D eigenvalue weighted by Gasteiger charge is 2.35. The van der Waals surface area contributed by atoms with Crippen LogP contribution in [0.3, 0.4) is 0 Å². The topological polar surface area (TPSA) is 59.0 Å². The number of amidine groups is 1. The first-order valence-corrected chi connectivity index (χ1v) is 10.2. The van der Waals surface area contributed by atoms with Crippen molar-refractivity contribution in [3.63, 3.8) is 0 Å². The van der Waals surface area contributed by atoms with Crippen LogP contribution in [-0.2, 0) is 10.0 Å². The van der Waals surface area contributed by atoms with Crippen LogP contribution in [0.25, 0.3) is 5.57 Å². The van der Waals surface area contributed by atoms with E-state index in [1.165, 1.54) is 6.20 Å². The van der Waals surface area contributed by atoms with Gasteiger partial charge in [-0.3, -0.25) is 0 Å². The maximum absolute atomic E-state index is 13.2. The minimum Gasteiger partial charge on any atom is -0.490 e. The summed E-state index contributed by atoms with van der Waals surface area (Å²) in [5.74, 6) is -1.63. The third-order valence-electron chi connectivity index (χ3n) is 4.73. The van der Waals surface area contributed by atoms with E-state index >= 15 is 0 Å². The van der Waals surface area contributed by atoms with Crippen molar-refractivity contribution in [1.29, 1.82) is 0 Å². The molecule has 0 bridgehead atoms. The van der Waals surface area contributed by atoms with Crippen LogP contribution in [0.4, 0.5) is 8.78 Å². The first kappa shape index (κ1) is 17.9. The van der Waals surface area contributed by atoms with Crippen molar-refractivity contribution < 1.29 is 21.9 Å². The molecular formula is C19H18F2N2O3S. The van der Waals surface area contributed by atoms with Crippen molar-refractivity contribution in [3.8, 4) is 5.75 Å². The zero-order valence-corrected chi connectivity index (χ0v) is 15.2. The number of hydrogen-bond acceptors (Lipinski definition) is 4. The summed E-state index contributed by atoms with van der Waals surface area (Å²) in [6, 6.07) is 7.14. The largest absolute Gasteiger partial charge is 0.490 e. The van der Waals surface area contributed by atoms with Gasteiger partial charge in [0.05, 0.1) is 11.5 Å². The Morgan fingerprint density at radius 3 is 2.52 bits per heavy atom. The molecule has 0 amide bonds. The maximum atomic E-state index is 13.2. The van der Waals surface area contributed by atoms with Gasteiger partial charge in [-0.25, -0.2) is 8.78 Å². The molecule has 2 heterocycles. The van der Waals surface area contributed by atoms with E-state index in [4.69, 9.17) is 4.74 Å². The predicted octanol–water partition coefficient (Wildman–Crippen LogP) is 4.07. The lowest BCUT2D eigenvalue weighted by Gasteiger charge is -2.29. The number of ether oxygens (including phenoxy) is 1. The highest BCUT2D eigenvalue weighted by Crippen LogP contribution is 2.35. The Bertz CT molecular complexity index is 953. The molecule has 1 fully saturated rings. The second-order valence-corrected chi connectivity index (χ2v) is 8.23. The van der Waals surface area contributed by atoms with Crippen molar-refractivity contribution in [3.05, 3.63) is 59.8 Å². The lowest BCUT2D eigenvalue weighted by Crippen LogP contribution is -2.30. The van der Waals surface area contributed by atoms with Gasteiger partial charge in [-0.2, -0.15) is 8.42 Å². The van der Waals surface area contributed by atoms with Crippen molar-refractivity contribution in [2.75, 3.05) is 0 Å². The minimum absolute atomic E-state index is 0.146. The quantitative estimate of drug-likeness (QED) is 0.778. The van der Waals surface area contributed by atoms with E-state index in [1.807, 2.05) is 18.2 Å². The molecule has 8 heteroatoms. The molecule has 0 saturated heterocycles. The van der Waals surface area contributed by atoms with Crippen molar-refractivity contribution in [2.24, 2.45) is 4.40 Å². The van der Waals surface area contributed by atoms with Crippen LogP contribution in [0.5, 0.6) is 5.75 Å². The first-order chi connectivity index (χ1) is 12.8. The number of benzene rings is 1. The smallest absolute Gasteiger partial charge is 0.278 e. The number of allylic oxidation sites excluding steroid dienone is 2. The van der Waals surface area contributed by atoms with Gasteiger partial charge in [0.25, 0.3) is 10.0 Å². The lowest BCUT2D eigenvalue weighted by atomic mass is 9.94.